The van der Waals surface area contributed by atoms with Crippen molar-refractivity contribution in [3.8, 4) is 11.4 Å². The van der Waals surface area contributed by atoms with Gasteiger partial charge in [0.25, 0.3) is 0 Å². The number of nitrogens with zero attached hydrogens (tertiary/aromatic N) is 2. The minimum atomic E-state index is -0.414. The van der Waals surface area contributed by atoms with Crippen LogP contribution in [-0.2, 0) is 6.42 Å². The number of aryl methyl sites for hydroxylation is 1. The van der Waals surface area contributed by atoms with E-state index in [9.17, 15) is 4.39 Å². The van der Waals surface area contributed by atoms with Crippen molar-refractivity contribution in [3.63, 3.8) is 0 Å². The Kier molecular flexibility index (Phi) is 3.17. The molecular weight excluding hydrogens is 233 g/mol. The summed E-state index contributed by atoms with van der Waals surface area (Å²) in [6, 6.07) is 4.85. The third-order valence-corrected chi connectivity index (χ3v) is 2.50. The monoisotopic (exact) mass is 249 g/mol. The molecule has 2 N–H and O–H groups in total. The molecule has 0 amide bonds. The van der Waals surface area contributed by atoms with E-state index in [2.05, 4.69) is 10.1 Å². The lowest BCUT2D eigenvalue weighted by Gasteiger charge is -2.14. The van der Waals surface area contributed by atoms with Gasteiger partial charge in [-0.15, -0.1) is 0 Å². The highest BCUT2D eigenvalue weighted by Gasteiger charge is 2.17. The Morgan fingerprint density at radius 2 is 2.11 bits per heavy atom. The highest BCUT2D eigenvalue weighted by atomic mass is 19.1. The fourth-order valence-electron chi connectivity index (χ4n) is 1.57. The van der Waals surface area contributed by atoms with E-state index < -0.39 is 5.54 Å². The molecule has 0 fully saturated rings. The zero-order chi connectivity index (χ0) is 13.3. The van der Waals surface area contributed by atoms with Crippen LogP contribution in [0.2, 0.25) is 0 Å². The van der Waals surface area contributed by atoms with Crippen molar-refractivity contribution in [3.05, 3.63) is 35.5 Å². The van der Waals surface area contributed by atoms with Gasteiger partial charge in [0.15, 0.2) is 0 Å². The van der Waals surface area contributed by atoms with E-state index in [1.807, 2.05) is 13.8 Å². The van der Waals surface area contributed by atoms with Gasteiger partial charge in [-0.05, 0) is 32.4 Å². The zero-order valence-electron chi connectivity index (χ0n) is 10.7. The summed E-state index contributed by atoms with van der Waals surface area (Å²) in [4.78, 5) is 4.21. The first kappa shape index (κ1) is 12.7. The molecule has 0 aliphatic carbocycles. The van der Waals surface area contributed by atoms with Crippen LogP contribution in [0.25, 0.3) is 11.4 Å². The van der Waals surface area contributed by atoms with Crippen molar-refractivity contribution in [1.29, 1.82) is 0 Å². The van der Waals surface area contributed by atoms with Crippen LogP contribution in [-0.4, -0.2) is 15.7 Å². The average molecular weight is 249 g/mol. The van der Waals surface area contributed by atoms with Crippen LogP contribution in [0.5, 0.6) is 0 Å². The van der Waals surface area contributed by atoms with Gasteiger partial charge >= 0.3 is 0 Å². The summed E-state index contributed by atoms with van der Waals surface area (Å²) in [5, 5.41) is 3.83. The van der Waals surface area contributed by atoms with E-state index in [1.165, 1.54) is 6.07 Å². The molecule has 0 aliphatic rings. The molecule has 0 spiro atoms. The largest absolute Gasteiger partial charge is 0.339 e. The predicted molar refractivity (Wildman–Crippen MR) is 66.4 cm³/mol. The second-order valence-corrected chi connectivity index (χ2v) is 5.14. The number of rotatable bonds is 3. The molecule has 0 saturated heterocycles. The van der Waals surface area contributed by atoms with E-state index in [0.717, 1.165) is 0 Å². The molecule has 1 aromatic carbocycles. The van der Waals surface area contributed by atoms with Crippen LogP contribution >= 0.6 is 0 Å². The smallest absolute Gasteiger partial charge is 0.228 e. The molecule has 1 heterocycles. The first-order valence-corrected chi connectivity index (χ1v) is 5.73. The molecule has 4 nitrogen and oxygen atoms in total. The van der Waals surface area contributed by atoms with Crippen molar-refractivity contribution in [1.82, 2.24) is 10.1 Å². The number of aromatic nitrogens is 2. The van der Waals surface area contributed by atoms with Crippen molar-refractivity contribution < 1.29 is 8.91 Å². The number of hydrogen-bond acceptors (Lipinski definition) is 4. The number of benzene rings is 1. The Labute approximate surface area is 105 Å². The molecule has 5 heteroatoms. The average Bonchev–Trinajstić information content (AvgIpc) is 2.68. The number of nitrogens with two attached hydrogens (primary N) is 1. The Bertz CT molecular complexity index is 558. The van der Waals surface area contributed by atoms with Crippen molar-refractivity contribution in [2.24, 2.45) is 5.73 Å². The van der Waals surface area contributed by atoms with Crippen LogP contribution in [0.3, 0.4) is 0 Å². The molecule has 0 radical (unpaired) electrons. The maximum atomic E-state index is 13.4. The molecular formula is C13H16FN3O. The molecule has 18 heavy (non-hydrogen) atoms. The molecule has 0 saturated carbocycles. The van der Waals surface area contributed by atoms with Gasteiger partial charge in [-0.3, -0.25) is 0 Å². The van der Waals surface area contributed by atoms with Crippen molar-refractivity contribution >= 4 is 0 Å². The van der Waals surface area contributed by atoms with Crippen molar-refractivity contribution in [2.45, 2.75) is 32.7 Å². The lowest BCUT2D eigenvalue weighted by Crippen LogP contribution is -2.34. The Hall–Kier alpha value is -1.75. The summed E-state index contributed by atoms with van der Waals surface area (Å²) in [5.41, 5.74) is 6.65. The van der Waals surface area contributed by atoms with Crippen LogP contribution in [0, 0.1) is 12.7 Å². The Morgan fingerprint density at radius 3 is 2.72 bits per heavy atom. The van der Waals surface area contributed by atoms with E-state index in [-0.39, 0.29) is 5.82 Å². The van der Waals surface area contributed by atoms with Crippen LogP contribution in [0.1, 0.15) is 25.3 Å². The standard InChI is InChI=1S/C13H16FN3O/c1-8-4-5-9(6-10(8)14)12-16-11(18-17-12)7-13(2,3)15/h4-6H,7,15H2,1-3H3. The summed E-state index contributed by atoms with van der Waals surface area (Å²) >= 11 is 0. The minimum absolute atomic E-state index is 0.280. The Balaban J connectivity index is 2.26. The molecule has 0 atom stereocenters. The SMILES string of the molecule is Cc1ccc(-c2noc(CC(C)(C)N)n2)cc1F. The second-order valence-electron chi connectivity index (χ2n) is 5.14. The summed E-state index contributed by atoms with van der Waals surface area (Å²) in [7, 11) is 0. The topological polar surface area (TPSA) is 64.9 Å². The minimum Gasteiger partial charge on any atom is -0.339 e. The van der Waals surface area contributed by atoms with E-state index in [4.69, 9.17) is 10.3 Å². The van der Waals surface area contributed by atoms with Gasteiger partial charge in [-0.1, -0.05) is 17.3 Å². The van der Waals surface area contributed by atoms with Gasteiger partial charge in [0.05, 0.1) is 0 Å². The summed E-state index contributed by atoms with van der Waals surface area (Å²) in [6.07, 6.45) is 0.480. The highest BCUT2D eigenvalue weighted by Crippen LogP contribution is 2.20. The van der Waals surface area contributed by atoms with Gasteiger partial charge in [-0.25, -0.2) is 4.39 Å². The van der Waals surface area contributed by atoms with E-state index >= 15 is 0 Å². The molecule has 1 aromatic heterocycles. The number of hydrogen-bond donors (Lipinski definition) is 1. The quantitative estimate of drug-likeness (QED) is 0.907. The van der Waals surface area contributed by atoms with Gasteiger partial charge in [0.1, 0.15) is 5.82 Å². The zero-order valence-corrected chi connectivity index (χ0v) is 10.7. The lowest BCUT2D eigenvalue weighted by molar-refractivity contribution is 0.348. The fourth-order valence-corrected chi connectivity index (χ4v) is 1.57. The highest BCUT2D eigenvalue weighted by molar-refractivity contribution is 5.54. The molecule has 2 rings (SSSR count). The van der Waals surface area contributed by atoms with Crippen LogP contribution < -0.4 is 5.73 Å². The predicted octanol–water partition coefficient (Wildman–Crippen LogP) is 2.46. The first-order valence-electron chi connectivity index (χ1n) is 5.73. The van der Waals surface area contributed by atoms with E-state index in [0.29, 0.717) is 29.3 Å². The third kappa shape index (κ3) is 2.92. The summed E-state index contributed by atoms with van der Waals surface area (Å²) in [5.74, 6) is 0.560. The fraction of sp³-hybridized carbons (Fsp3) is 0.385. The number of halogens is 1. The summed E-state index contributed by atoms with van der Waals surface area (Å²) in [6.45, 7) is 5.46. The maximum Gasteiger partial charge on any atom is 0.228 e. The van der Waals surface area contributed by atoms with Gasteiger partial charge in [0.2, 0.25) is 11.7 Å². The maximum absolute atomic E-state index is 13.4. The van der Waals surface area contributed by atoms with Gasteiger partial charge in [0, 0.05) is 17.5 Å². The van der Waals surface area contributed by atoms with E-state index in [1.54, 1.807) is 19.1 Å². The normalized spacial score (nSPS) is 11.8. The first-order chi connectivity index (χ1) is 8.35. The Morgan fingerprint density at radius 1 is 1.39 bits per heavy atom. The van der Waals surface area contributed by atoms with Crippen LogP contribution in [0.4, 0.5) is 4.39 Å². The molecule has 96 valence electrons. The van der Waals surface area contributed by atoms with Gasteiger partial charge < -0.3 is 10.3 Å². The lowest BCUT2D eigenvalue weighted by atomic mass is 10.0. The molecule has 0 unspecified atom stereocenters. The molecule has 2 aromatic rings. The second kappa shape index (κ2) is 4.49. The van der Waals surface area contributed by atoms with Gasteiger partial charge in [-0.2, -0.15) is 4.98 Å². The molecule has 0 bridgehead atoms. The third-order valence-electron chi connectivity index (χ3n) is 2.50. The van der Waals surface area contributed by atoms with Crippen molar-refractivity contribution in [2.75, 3.05) is 0 Å². The van der Waals surface area contributed by atoms with Crippen LogP contribution in [0.15, 0.2) is 22.7 Å². The molecule has 0 aliphatic heterocycles. The summed E-state index contributed by atoms with van der Waals surface area (Å²) < 4.78 is 18.5.